The first-order valence-electron chi connectivity index (χ1n) is 14.2. The van der Waals surface area contributed by atoms with E-state index in [1.165, 1.54) is 17.0 Å². The van der Waals surface area contributed by atoms with Crippen molar-refractivity contribution in [1.82, 2.24) is 10.2 Å². The van der Waals surface area contributed by atoms with Crippen molar-refractivity contribution in [3.8, 4) is 0 Å². The number of nitrogens with zero attached hydrogens (tertiary/aromatic N) is 2. The Bertz CT molecular complexity index is 1510. The summed E-state index contributed by atoms with van der Waals surface area (Å²) >= 11 is 12.4. The molecule has 10 heteroatoms. The lowest BCUT2D eigenvalue weighted by Gasteiger charge is -2.33. The molecule has 7 nitrogen and oxygen atoms in total. The number of nitrogens with one attached hydrogen (secondary N) is 1. The van der Waals surface area contributed by atoms with Gasteiger partial charge in [-0.1, -0.05) is 78.4 Å². The molecule has 0 saturated heterocycles. The number of carbonyl (C=O) groups excluding carboxylic acids is 2. The fourth-order valence-corrected chi connectivity index (χ4v) is 6.90. The molecule has 1 atom stereocenters. The van der Waals surface area contributed by atoms with Crippen molar-refractivity contribution < 1.29 is 18.0 Å². The van der Waals surface area contributed by atoms with Gasteiger partial charge in [0.25, 0.3) is 10.0 Å². The van der Waals surface area contributed by atoms with Gasteiger partial charge >= 0.3 is 0 Å². The number of amides is 2. The average molecular weight is 631 g/mol. The second-order valence-corrected chi connectivity index (χ2v) is 13.7. The summed E-state index contributed by atoms with van der Waals surface area (Å²) in [4.78, 5) is 29.1. The monoisotopic (exact) mass is 629 g/mol. The van der Waals surface area contributed by atoms with Crippen molar-refractivity contribution in [3.63, 3.8) is 0 Å². The summed E-state index contributed by atoms with van der Waals surface area (Å²) in [7, 11) is -4.18. The second-order valence-electron chi connectivity index (χ2n) is 10.9. The molecule has 42 heavy (non-hydrogen) atoms. The van der Waals surface area contributed by atoms with E-state index < -0.39 is 28.5 Å². The Labute approximate surface area is 258 Å². The molecule has 1 saturated carbocycles. The summed E-state index contributed by atoms with van der Waals surface area (Å²) in [6, 6.07) is 17.6. The van der Waals surface area contributed by atoms with Gasteiger partial charge in [0, 0.05) is 22.6 Å². The molecular weight excluding hydrogens is 593 g/mol. The number of anilines is 1. The van der Waals surface area contributed by atoms with Crippen LogP contribution in [0.15, 0.2) is 71.6 Å². The number of rotatable bonds is 10. The minimum atomic E-state index is -4.18. The number of sulfonamides is 1. The molecule has 4 rings (SSSR count). The fraction of sp³-hybridized carbons (Fsp3) is 0.375. The molecule has 3 aromatic carbocycles. The zero-order chi connectivity index (χ0) is 30.4. The lowest BCUT2D eigenvalue weighted by atomic mass is 9.95. The van der Waals surface area contributed by atoms with Gasteiger partial charge in [-0.25, -0.2) is 8.42 Å². The highest BCUT2D eigenvalue weighted by molar-refractivity contribution is 7.92. The Morgan fingerprint density at radius 3 is 2.17 bits per heavy atom. The normalized spacial score (nSPS) is 14.7. The average Bonchev–Trinajstić information content (AvgIpc) is 2.97. The quantitative estimate of drug-likeness (QED) is 0.271. The van der Waals surface area contributed by atoms with Crippen LogP contribution in [-0.2, 0) is 26.2 Å². The van der Waals surface area contributed by atoms with E-state index in [-0.39, 0.29) is 23.4 Å². The molecule has 3 aromatic rings. The maximum absolute atomic E-state index is 14.1. The van der Waals surface area contributed by atoms with Crippen LogP contribution in [0.1, 0.15) is 55.7 Å². The van der Waals surface area contributed by atoms with E-state index in [1.807, 2.05) is 6.92 Å². The van der Waals surface area contributed by atoms with Gasteiger partial charge in [0.15, 0.2) is 0 Å². The van der Waals surface area contributed by atoms with Crippen molar-refractivity contribution in [3.05, 3.63) is 93.5 Å². The van der Waals surface area contributed by atoms with Crippen LogP contribution in [0.3, 0.4) is 0 Å². The minimum absolute atomic E-state index is 0.0487. The predicted molar refractivity (Wildman–Crippen MR) is 168 cm³/mol. The zero-order valence-corrected chi connectivity index (χ0v) is 26.5. The zero-order valence-electron chi connectivity index (χ0n) is 24.1. The number of hydrogen-bond donors (Lipinski definition) is 1. The van der Waals surface area contributed by atoms with E-state index in [9.17, 15) is 18.0 Å². The summed E-state index contributed by atoms with van der Waals surface area (Å²) in [6.45, 7) is 4.89. The summed E-state index contributed by atoms with van der Waals surface area (Å²) in [5.74, 6) is -0.789. The highest BCUT2D eigenvalue weighted by Gasteiger charge is 2.34. The van der Waals surface area contributed by atoms with Crippen LogP contribution in [0.25, 0.3) is 0 Å². The molecule has 224 valence electrons. The third-order valence-electron chi connectivity index (χ3n) is 7.71. The van der Waals surface area contributed by atoms with Crippen LogP contribution < -0.4 is 9.62 Å². The Morgan fingerprint density at radius 2 is 1.52 bits per heavy atom. The fourth-order valence-electron chi connectivity index (χ4n) is 5.14. The van der Waals surface area contributed by atoms with Gasteiger partial charge < -0.3 is 10.2 Å². The van der Waals surface area contributed by atoms with E-state index >= 15 is 0 Å². The van der Waals surface area contributed by atoms with Crippen LogP contribution in [0, 0.1) is 13.8 Å². The van der Waals surface area contributed by atoms with E-state index in [0.29, 0.717) is 21.3 Å². The largest absolute Gasteiger partial charge is 0.352 e. The maximum atomic E-state index is 14.1. The SMILES string of the molecule is Cc1ccc(S(=O)(=O)N(CC(=O)N(Cc2ccc(Cl)cc2)C(C)C(=O)NC2CCCCC2)c2cc(Cl)ccc2C)cc1. The smallest absolute Gasteiger partial charge is 0.264 e. The van der Waals surface area contributed by atoms with Gasteiger partial charge in [0.05, 0.1) is 10.6 Å². The van der Waals surface area contributed by atoms with Crippen molar-refractivity contribution in [2.75, 3.05) is 10.8 Å². The van der Waals surface area contributed by atoms with Gasteiger partial charge in [-0.15, -0.1) is 0 Å². The van der Waals surface area contributed by atoms with E-state index in [2.05, 4.69) is 5.32 Å². The summed E-state index contributed by atoms with van der Waals surface area (Å²) in [5.41, 5.74) is 2.59. The molecule has 2 amide bonds. The molecule has 0 spiro atoms. The topological polar surface area (TPSA) is 86.8 Å². The van der Waals surface area contributed by atoms with E-state index in [1.54, 1.807) is 68.4 Å². The van der Waals surface area contributed by atoms with Gasteiger partial charge in [0.2, 0.25) is 11.8 Å². The molecule has 1 aliphatic carbocycles. The van der Waals surface area contributed by atoms with Crippen LogP contribution in [0.2, 0.25) is 10.0 Å². The Hall–Kier alpha value is -3.07. The van der Waals surface area contributed by atoms with Gasteiger partial charge in [-0.2, -0.15) is 0 Å². The molecule has 0 bridgehead atoms. The molecule has 0 aromatic heterocycles. The van der Waals surface area contributed by atoms with Crippen molar-refractivity contribution in [1.29, 1.82) is 0 Å². The highest BCUT2D eigenvalue weighted by atomic mass is 35.5. The summed E-state index contributed by atoms with van der Waals surface area (Å²) in [5, 5.41) is 3.99. The van der Waals surface area contributed by atoms with Gasteiger partial charge in [-0.3, -0.25) is 13.9 Å². The number of hydrogen-bond acceptors (Lipinski definition) is 4. The summed E-state index contributed by atoms with van der Waals surface area (Å²) in [6.07, 6.45) is 5.06. The molecule has 1 N–H and O–H groups in total. The van der Waals surface area contributed by atoms with Crippen LogP contribution in [0.4, 0.5) is 5.69 Å². The van der Waals surface area contributed by atoms with Crippen molar-refractivity contribution in [2.24, 2.45) is 0 Å². The van der Waals surface area contributed by atoms with E-state index in [0.717, 1.165) is 47.5 Å². The number of halogens is 2. The van der Waals surface area contributed by atoms with Gasteiger partial charge in [-0.05, 0) is 81.1 Å². The first kappa shape index (κ1) is 31.9. The van der Waals surface area contributed by atoms with Crippen LogP contribution in [0.5, 0.6) is 0 Å². The standard InChI is InChI=1S/C32H37Cl2N3O4S/c1-22-9-17-29(18-10-22)42(40,41)37(30-19-27(34)14-11-23(30)2)21-31(38)36(20-25-12-15-26(33)16-13-25)24(3)32(39)35-28-7-5-4-6-8-28/h9-19,24,28H,4-8,20-21H2,1-3H3,(H,35,39). The van der Waals surface area contributed by atoms with Crippen LogP contribution >= 0.6 is 23.2 Å². The molecule has 0 heterocycles. The van der Waals surface area contributed by atoms with Crippen molar-refractivity contribution in [2.45, 2.75) is 76.4 Å². The third-order valence-corrected chi connectivity index (χ3v) is 9.97. The molecule has 0 aliphatic heterocycles. The minimum Gasteiger partial charge on any atom is -0.352 e. The lowest BCUT2D eigenvalue weighted by Crippen LogP contribution is -2.53. The van der Waals surface area contributed by atoms with Crippen molar-refractivity contribution >= 4 is 50.7 Å². The summed E-state index contributed by atoms with van der Waals surface area (Å²) < 4.78 is 29.2. The number of benzene rings is 3. The van der Waals surface area contributed by atoms with Crippen LogP contribution in [-0.4, -0.2) is 43.8 Å². The molecule has 1 fully saturated rings. The first-order valence-corrected chi connectivity index (χ1v) is 16.3. The molecule has 1 aliphatic rings. The maximum Gasteiger partial charge on any atom is 0.264 e. The number of carbonyl (C=O) groups is 2. The molecule has 1 unspecified atom stereocenters. The number of aryl methyl sites for hydroxylation is 2. The second kappa shape index (κ2) is 13.9. The van der Waals surface area contributed by atoms with Gasteiger partial charge in [0.1, 0.15) is 12.6 Å². The predicted octanol–water partition coefficient (Wildman–Crippen LogP) is 6.67. The van der Waals surface area contributed by atoms with E-state index in [4.69, 9.17) is 23.2 Å². The Balaban J connectivity index is 1.70. The Kier molecular flexibility index (Phi) is 10.6. The first-order chi connectivity index (χ1) is 20.0. The molecular formula is C32H37Cl2N3O4S. The lowest BCUT2D eigenvalue weighted by molar-refractivity contribution is -0.139. The molecule has 0 radical (unpaired) electrons. The Morgan fingerprint density at radius 1 is 0.905 bits per heavy atom. The highest BCUT2D eigenvalue weighted by Crippen LogP contribution is 2.30. The third kappa shape index (κ3) is 7.85.